The van der Waals surface area contributed by atoms with Crippen molar-refractivity contribution in [3.63, 3.8) is 0 Å². The van der Waals surface area contributed by atoms with Gasteiger partial charge in [0.2, 0.25) is 47.5 Å². The highest BCUT2D eigenvalue weighted by atomic mass is 127. The Hall–Kier alpha value is -8.88. The van der Waals surface area contributed by atoms with Crippen LogP contribution in [0.2, 0.25) is 5.02 Å². The van der Waals surface area contributed by atoms with Crippen LogP contribution < -0.4 is 87.3 Å². The number of hydrogen-bond acceptors (Lipinski definition) is 27. The Morgan fingerprint density at radius 2 is 1.26 bits per heavy atom. The van der Waals surface area contributed by atoms with Gasteiger partial charge >= 0.3 is 5.97 Å². The molecular weight excluding hydrogens is 1620 g/mol. The molecule has 614 valence electrons. The number of quaternary nitrogens is 1. The summed E-state index contributed by atoms with van der Waals surface area (Å²) >= 11 is 7.18. The number of aromatic hydroxyl groups is 3. The van der Waals surface area contributed by atoms with Crippen molar-refractivity contribution < 1.29 is 156 Å². The van der Waals surface area contributed by atoms with E-state index in [0.29, 0.717) is 0 Å². The molecule has 7 amide bonds. The van der Waals surface area contributed by atoms with E-state index in [1.807, 2.05) is 13.8 Å². The van der Waals surface area contributed by atoms with Crippen molar-refractivity contribution in [2.24, 2.45) is 23.1 Å². The molecule has 3 saturated heterocycles. The van der Waals surface area contributed by atoms with Crippen molar-refractivity contribution in [3.05, 3.63) is 118 Å². The molecule has 0 saturated carbocycles. The number of nitrogens with one attached hydrogen (secondary N) is 6. The Balaban J connectivity index is 0.0000135. The molecule has 0 radical (unpaired) electrons. The average molecular weight is 1710 g/mol. The highest BCUT2D eigenvalue weighted by Gasteiger charge is 2.53. The third-order valence-corrected chi connectivity index (χ3v) is 20.9. The largest absolute Gasteiger partial charge is 1.00 e. The van der Waals surface area contributed by atoms with Gasteiger partial charge in [0.05, 0.1) is 63.6 Å². The molecule has 8 aliphatic rings. The minimum absolute atomic E-state index is 0. The molecule has 5 aromatic carbocycles. The van der Waals surface area contributed by atoms with Crippen molar-refractivity contribution in [2.75, 3.05) is 27.7 Å². The summed E-state index contributed by atoms with van der Waals surface area (Å²) in [7, 11) is 5.18. The van der Waals surface area contributed by atoms with Gasteiger partial charge in [0.25, 0.3) is 5.91 Å². The van der Waals surface area contributed by atoms with Gasteiger partial charge in [-0.05, 0) is 110 Å². The highest BCUT2D eigenvalue weighted by molar-refractivity contribution is 6.32. The van der Waals surface area contributed by atoms with Gasteiger partial charge in [-0.2, -0.15) is 0 Å². The first-order chi connectivity index (χ1) is 52.5. The van der Waals surface area contributed by atoms with Crippen molar-refractivity contribution in [3.8, 4) is 57.1 Å². The maximum Gasteiger partial charge on any atom is 0.330 e. The number of phenols is 3. The van der Waals surface area contributed by atoms with Crippen LogP contribution in [0.4, 0.5) is 0 Å². The molecule has 11 bridgehead atoms. The Kier molecular flexibility index (Phi) is 26.2. The normalized spacial score (nSPS) is 31.7. The number of hydrogen-bond donors (Lipinski definition) is 19. The van der Waals surface area contributed by atoms with Crippen LogP contribution in [0, 0.1) is 5.92 Å². The molecule has 13 rings (SSSR count). The monoisotopic (exact) mass is 1710 g/mol. The predicted molar refractivity (Wildman–Crippen MR) is 390 cm³/mol. The van der Waals surface area contributed by atoms with Crippen molar-refractivity contribution in [2.45, 2.75) is 201 Å². The maximum atomic E-state index is 16.4. The second-order valence-corrected chi connectivity index (χ2v) is 31.3. The molecule has 8 aliphatic heterocycles. The van der Waals surface area contributed by atoms with Crippen LogP contribution in [0.15, 0.2) is 84.9 Å². The minimum Gasteiger partial charge on any atom is -1.00 e. The number of carboxylic acids is 1. The number of rotatable bonds is 15. The number of ether oxygens (including phenoxy) is 8. The van der Waals surface area contributed by atoms with E-state index < -0.39 is 250 Å². The van der Waals surface area contributed by atoms with E-state index >= 15 is 24.0 Å². The lowest BCUT2D eigenvalue weighted by molar-refractivity contribution is -0.887. The van der Waals surface area contributed by atoms with E-state index in [4.69, 9.17) is 66.7 Å². The summed E-state index contributed by atoms with van der Waals surface area (Å²) in [6.07, 6.45) is -22.3. The standard InChI is InChI=1S/C75H93ClN10O26.HI/c1-29(2)18-42(86(7,8)9)67(98)84-56-58(92)34-13-17-45(40(76)20-34)108-47-22-35-21-46(62(47)112-73-63(60(94)59(93)48(28-87)109-73)111-51-27-75(6,79)65(96)31(4)106-51)107-37-14-10-32(11-15-37)61(110-50-26-74(5,78)64(95)30(3)105-50)57-71(102)83-55(72(103)104)39-23-36(88)24-44(90)52(39)38-19-33(12-16-43(38)89)53(68(99)85-57)82-69(100)54(35)81-66(97)41(25-49(77)91)80-70(56)101;/h10-17,19-24,29-31,41-42,48,50-51,53-61,63-65,73,87,92-96H,18,25-28,78-79H2,1-9H3,(H11-,77,80,81,82,83,84,85,88,89,90,91,97,98,99,100,101,102,103,104);1H/t30-,31-,41?,42?,48+,50-,51-,53?,54?,55?,56?,57?,58?,59+,60-,61?,63+,64-,65-,73-,74-,75-;/m0./s1. The van der Waals surface area contributed by atoms with Gasteiger partial charge in [-0.25, -0.2) is 4.79 Å². The van der Waals surface area contributed by atoms with Crippen molar-refractivity contribution in [1.82, 2.24) is 31.9 Å². The van der Waals surface area contributed by atoms with Crippen molar-refractivity contribution >= 4 is 58.9 Å². The number of halogens is 2. The summed E-state index contributed by atoms with van der Waals surface area (Å²) in [5.41, 5.74) is 13.7. The number of aliphatic hydroxyl groups excluding tert-OH is 6. The van der Waals surface area contributed by atoms with Gasteiger partial charge in [0.1, 0.15) is 89.5 Å². The fraction of sp³-hybridized carbons (Fsp3) is 0.493. The minimum atomic E-state index is -2.34. The van der Waals surface area contributed by atoms with Crippen LogP contribution >= 0.6 is 11.6 Å². The quantitative estimate of drug-likeness (QED) is 0.0371. The Labute approximate surface area is 669 Å². The summed E-state index contributed by atoms with van der Waals surface area (Å²) in [6, 6.07) is 1.70. The zero-order valence-corrected chi connectivity index (χ0v) is 65.6. The van der Waals surface area contributed by atoms with Gasteiger partial charge in [-0.15, -0.1) is 0 Å². The zero-order valence-electron chi connectivity index (χ0n) is 62.7. The van der Waals surface area contributed by atoms with E-state index in [2.05, 4.69) is 31.9 Å². The third-order valence-electron chi connectivity index (χ3n) is 20.6. The molecule has 0 spiro atoms. The first kappa shape index (κ1) is 86.5. The van der Waals surface area contributed by atoms with Gasteiger partial charge in [0, 0.05) is 53.1 Å². The maximum absolute atomic E-state index is 16.4. The Morgan fingerprint density at radius 3 is 1.84 bits per heavy atom. The molecule has 113 heavy (non-hydrogen) atoms. The number of nitrogens with two attached hydrogens (primary N) is 3. The number of nitrogens with zero attached hydrogens (tertiary/aromatic N) is 1. The Morgan fingerprint density at radius 1 is 0.673 bits per heavy atom. The average Bonchev–Trinajstić information content (AvgIpc) is 0.767. The predicted octanol–water partition coefficient (Wildman–Crippen LogP) is -2.82. The SMILES string of the molecule is CC(C)CC(C(=O)NC1C(=O)NC(CC(N)=O)C(=O)NC2C(=O)NC3C(=O)NC(C(=O)NC(C(=O)O)c4cc(O)cc(O)c4-c4cc3ccc4O)C(O[C@H]3C[C@](C)(N)[C@@H](O)[C@H](C)O3)c3ccc(cc3)Oc3cc2cc(c3O[C@@H]2O[C@H](CO)[C@@H](O)[C@H](O)[C@H]2O[C@H]2C[C@](C)(N)[C@@H](O)[C@H](C)O2)Oc2ccc(cc2Cl)C1O)[N+](C)(C)C.[I-]. The lowest BCUT2D eigenvalue weighted by Gasteiger charge is -2.47. The number of phenolic OH excluding ortho intramolecular Hbond substituents is 3. The summed E-state index contributed by atoms with van der Waals surface area (Å²) in [4.78, 5) is 120. The molecule has 9 unspecified atom stereocenters. The number of aliphatic carboxylic acids is 1. The molecule has 38 heteroatoms. The van der Waals surface area contributed by atoms with Gasteiger partial charge in [0.15, 0.2) is 42.3 Å². The van der Waals surface area contributed by atoms with Crippen LogP contribution in [0.1, 0.15) is 125 Å². The molecule has 22 atom stereocenters. The molecule has 0 aromatic heterocycles. The lowest BCUT2D eigenvalue weighted by atomic mass is 9.86. The summed E-state index contributed by atoms with van der Waals surface area (Å²) in [5, 5.41) is 130. The molecule has 8 heterocycles. The van der Waals surface area contributed by atoms with E-state index in [-0.39, 0.29) is 86.9 Å². The topological polar surface area (TPSA) is 563 Å². The first-order valence-electron chi connectivity index (χ1n) is 36.0. The fourth-order valence-electron chi connectivity index (χ4n) is 14.6. The number of benzene rings is 5. The third kappa shape index (κ3) is 18.8. The van der Waals surface area contributed by atoms with E-state index in [9.17, 15) is 65.4 Å². The summed E-state index contributed by atoms with van der Waals surface area (Å²) < 4.78 is 51.8. The molecule has 0 aliphatic carbocycles. The fourth-order valence-corrected chi connectivity index (χ4v) is 14.8. The number of likely N-dealkylation sites (N-methyl/N-ethyl adjacent to an activating group) is 1. The molecular formula is C75H94ClIN10O26. The van der Waals surface area contributed by atoms with E-state index in [0.717, 1.165) is 48.5 Å². The second kappa shape index (κ2) is 34.3. The number of fused-ring (bicyclic) bond motifs is 15. The summed E-state index contributed by atoms with van der Waals surface area (Å²) in [6.45, 7) is 8.74. The number of aliphatic hydroxyl groups is 6. The van der Waals surface area contributed by atoms with Crippen molar-refractivity contribution in [1.29, 1.82) is 0 Å². The number of primary amides is 1. The van der Waals surface area contributed by atoms with Crippen LogP contribution in [-0.2, 0) is 62.0 Å². The van der Waals surface area contributed by atoms with E-state index in [1.54, 1.807) is 21.1 Å². The number of amides is 7. The first-order valence-corrected chi connectivity index (χ1v) is 36.4. The highest BCUT2D eigenvalue weighted by Crippen LogP contribution is 2.50. The van der Waals surface area contributed by atoms with Gasteiger partial charge < -0.3 is 167 Å². The second-order valence-electron chi connectivity index (χ2n) is 30.9. The van der Waals surface area contributed by atoms with Gasteiger partial charge in [-0.3, -0.25) is 33.6 Å². The number of carbonyl (C=O) groups is 8. The summed E-state index contributed by atoms with van der Waals surface area (Å²) in [5.74, 6) is -15.4. The molecule has 22 N–H and O–H groups in total. The lowest BCUT2D eigenvalue weighted by Crippen LogP contribution is -3.00. The number of carboxylic acid groups (broad SMARTS) is 1. The molecule has 36 nitrogen and oxygen atoms in total. The number of carbonyl (C=O) groups excluding carboxylic acids is 7. The van der Waals surface area contributed by atoms with Crippen LogP contribution in [-0.4, -0.2) is 234 Å². The smallest absolute Gasteiger partial charge is 0.330 e. The molecule has 3 fully saturated rings. The van der Waals surface area contributed by atoms with Gasteiger partial charge in [-0.1, -0.05) is 49.7 Å². The zero-order chi connectivity index (χ0) is 81.8. The van der Waals surface area contributed by atoms with E-state index in [1.165, 1.54) is 64.1 Å². The molecule has 5 aromatic rings. The van der Waals surface area contributed by atoms with Crippen LogP contribution in [0.3, 0.4) is 0 Å². The van der Waals surface area contributed by atoms with Crippen LogP contribution in [0.25, 0.3) is 11.1 Å². The Bertz CT molecular complexity index is 4440. The van der Waals surface area contributed by atoms with Crippen LogP contribution in [0.5, 0.6) is 46.0 Å².